The molecule has 2 N–H and O–H groups in total. The van der Waals surface area contributed by atoms with Crippen molar-refractivity contribution in [2.45, 2.75) is 103 Å². The van der Waals surface area contributed by atoms with Crippen molar-refractivity contribution in [3.8, 4) is 0 Å². The molecule has 0 saturated carbocycles. The Hall–Kier alpha value is -0.830. The van der Waals surface area contributed by atoms with E-state index in [2.05, 4.69) is 31.3 Å². The van der Waals surface area contributed by atoms with Crippen molar-refractivity contribution in [3.63, 3.8) is 0 Å². The Bertz CT molecular complexity index is 367. The number of allylic oxidation sites excluding steroid dienone is 2. The SMILES string of the molecule is CCCCCCCC/C=C\CCCCC1CCC(=O)N[C@@H](CO)C1C. The van der Waals surface area contributed by atoms with Crippen molar-refractivity contribution >= 4 is 5.91 Å². The first-order valence-corrected chi connectivity index (χ1v) is 10.7. The summed E-state index contributed by atoms with van der Waals surface area (Å²) in [6.45, 7) is 4.50. The summed E-state index contributed by atoms with van der Waals surface area (Å²) >= 11 is 0. The number of nitrogens with one attached hydrogen (secondary N) is 1. The normalized spacial score (nSPS) is 24.4. The van der Waals surface area contributed by atoms with Crippen LogP contribution in [0.1, 0.15) is 97.3 Å². The van der Waals surface area contributed by atoms with Gasteiger partial charge in [0.2, 0.25) is 5.91 Å². The lowest BCUT2D eigenvalue weighted by atomic mass is 9.82. The molecule has 2 unspecified atom stereocenters. The third-order valence-corrected chi connectivity index (χ3v) is 5.75. The van der Waals surface area contributed by atoms with Crippen LogP contribution in [-0.2, 0) is 4.79 Å². The third kappa shape index (κ3) is 10.0. The Kier molecular flexibility index (Phi) is 12.8. The van der Waals surface area contributed by atoms with E-state index in [-0.39, 0.29) is 18.6 Å². The van der Waals surface area contributed by atoms with Crippen molar-refractivity contribution in [2.24, 2.45) is 11.8 Å². The van der Waals surface area contributed by atoms with E-state index in [1.165, 1.54) is 70.6 Å². The number of unbranched alkanes of at least 4 members (excludes halogenated alkanes) is 8. The summed E-state index contributed by atoms with van der Waals surface area (Å²) in [6, 6.07) is -0.0581. The van der Waals surface area contributed by atoms with Crippen LogP contribution in [0.5, 0.6) is 0 Å². The van der Waals surface area contributed by atoms with Gasteiger partial charge in [-0.05, 0) is 43.9 Å². The quantitative estimate of drug-likeness (QED) is 0.346. The maximum atomic E-state index is 11.7. The number of carbonyl (C=O) groups excluding carboxylic acids is 1. The van der Waals surface area contributed by atoms with Crippen LogP contribution in [-0.4, -0.2) is 23.7 Å². The number of aliphatic hydroxyl groups excluding tert-OH is 1. The highest BCUT2D eigenvalue weighted by Gasteiger charge is 2.29. The van der Waals surface area contributed by atoms with Crippen LogP contribution in [0.3, 0.4) is 0 Å². The van der Waals surface area contributed by atoms with E-state index >= 15 is 0 Å². The predicted molar refractivity (Wildman–Crippen MR) is 107 cm³/mol. The zero-order chi connectivity index (χ0) is 18.3. The summed E-state index contributed by atoms with van der Waals surface area (Å²) in [5, 5.41) is 12.4. The average molecular weight is 352 g/mol. The summed E-state index contributed by atoms with van der Waals surface area (Å²) in [6.07, 6.45) is 20.6. The van der Waals surface area contributed by atoms with Gasteiger partial charge in [0.15, 0.2) is 0 Å². The molecule has 1 saturated heterocycles. The standard InChI is InChI=1S/C22H41NO2/c1-3-4-5-6-7-8-9-10-11-12-13-14-15-20-16-17-22(25)23-21(18-24)19(20)2/h10-11,19-21,24H,3-9,12-18H2,1-2H3,(H,23,25)/b11-10-/t19?,20?,21-/m0/s1. The summed E-state index contributed by atoms with van der Waals surface area (Å²) in [5.74, 6) is 1.04. The molecule has 0 aromatic rings. The van der Waals surface area contributed by atoms with Gasteiger partial charge in [-0.2, -0.15) is 0 Å². The van der Waals surface area contributed by atoms with E-state index in [1.807, 2.05) is 0 Å². The molecular formula is C22H41NO2. The molecule has 0 aromatic carbocycles. The van der Waals surface area contributed by atoms with Crippen LogP contribution < -0.4 is 5.32 Å². The van der Waals surface area contributed by atoms with E-state index in [0.29, 0.717) is 18.3 Å². The molecule has 25 heavy (non-hydrogen) atoms. The molecular weight excluding hydrogens is 310 g/mol. The Morgan fingerprint density at radius 2 is 1.68 bits per heavy atom. The second kappa shape index (κ2) is 14.4. The largest absolute Gasteiger partial charge is 0.394 e. The lowest BCUT2D eigenvalue weighted by molar-refractivity contribution is -0.121. The molecule has 0 spiro atoms. The number of hydrogen-bond donors (Lipinski definition) is 2. The first-order chi connectivity index (χ1) is 12.2. The second-order valence-electron chi connectivity index (χ2n) is 7.83. The number of aliphatic hydroxyl groups is 1. The van der Waals surface area contributed by atoms with Gasteiger partial charge in [0, 0.05) is 6.42 Å². The van der Waals surface area contributed by atoms with Crippen LogP contribution in [0.2, 0.25) is 0 Å². The van der Waals surface area contributed by atoms with Gasteiger partial charge >= 0.3 is 0 Å². The minimum Gasteiger partial charge on any atom is -0.394 e. The van der Waals surface area contributed by atoms with Crippen molar-refractivity contribution in [1.29, 1.82) is 0 Å². The van der Waals surface area contributed by atoms with E-state index < -0.39 is 0 Å². The van der Waals surface area contributed by atoms with Crippen LogP contribution in [0.25, 0.3) is 0 Å². The van der Waals surface area contributed by atoms with Crippen molar-refractivity contribution in [3.05, 3.63) is 12.2 Å². The molecule has 3 atom stereocenters. The third-order valence-electron chi connectivity index (χ3n) is 5.75. The Balaban J connectivity index is 2.06. The maximum absolute atomic E-state index is 11.7. The molecule has 0 aromatic heterocycles. The number of hydrogen-bond acceptors (Lipinski definition) is 2. The van der Waals surface area contributed by atoms with Crippen LogP contribution in [0, 0.1) is 11.8 Å². The fourth-order valence-corrected chi connectivity index (χ4v) is 3.88. The van der Waals surface area contributed by atoms with Gasteiger partial charge in [-0.25, -0.2) is 0 Å². The van der Waals surface area contributed by atoms with Crippen LogP contribution >= 0.6 is 0 Å². The highest BCUT2D eigenvalue weighted by molar-refractivity contribution is 5.76. The van der Waals surface area contributed by atoms with Gasteiger partial charge in [0.25, 0.3) is 0 Å². The molecule has 0 radical (unpaired) electrons. The molecule has 1 fully saturated rings. The van der Waals surface area contributed by atoms with Crippen LogP contribution in [0.4, 0.5) is 0 Å². The Labute approximate surface area is 155 Å². The molecule has 1 aliphatic heterocycles. The number of amides is 1. The van der Waals surface area contributed by atoms with E-state index in [9.17, 15) is 9.90 Å². The highest BCUT2D eigenvalue weighted by Crippen LogP contribution is 2.29. The fraction of sp³-hybridized carbons (Fsp3) is 0.864. The number of carbonyl (C=O) groups is 1. The Morgan fingerprint density at radius 3 is 2.36 bits per heavy atom. The zero-order valence-corrected chi connectivity index (χ0v) is 16.6. The first kappa shape index (κ1) is 22.2. The fourth-order valence-electron chi connectivity index (χ4n) is 3.88. The topological polar surface area (TPSA) is 49.3 Å². The first-order valence-electron chi connectivity index (χ1n) is 10.7. The smallest absolute Gasteiger partial charge is 0.220 e. The summed E-state index contributed by atoms with van der Waals surface area (Å²) in [7, 11) is 0. The van der Waals surface area contributed by atoms with Crippen molar-refractivity contribution < 1.29 is 9.90 Å². The number of rotatable bonds is 13. The predicted octanol–water partition coefficient (Wildman–Crippen LogP) is 5.38. The minimum absolute atomic E-state index is 0.0581. The molecule has 3 heteroatoms. The molecule has 0 aliphatic carbocycles. The van der Waals surface area contributed by atoms with E-state index in [1.54, 1.807) is 0 Å². The van der Waals surface area contributed by atoms with Gasteiger partial charge in [-0.1, -0.05) is 70.9 Å². The van der Waals surface area contributed by atoms with Crippen molar-refractivity contribution in [1.82, 2.24) is 5.32 Å². The van der Waals surface area contributed by atoms with Crippen LogP contribution in [0.15, 0.2) is 12.2 Å². The molecule has 1 amide bonds. The summed E-state index contributed by atoms with van der Waals surface area (Å²) in [4.78, 5) is 11.7. The highest BCUT2D eigenvalue weighted by atomic mass is 16.3. The lowest BCUT2D eigenvalue weighted by Crippen LogP contribution is -2.41. The molecule has 0 bridgehead atoms. The maximum Gasteiger partial charge on any atom is 0.220 e. The summed E-state index contributed by atoms with van der Waals surface area (Å²) in [5.41, 5.74) is 0. The average Bonchev–Trinajstić information content (AvgIpc) is 2.75. The lowest BCUT2D eigenvalue weighted by Gasteiger charge is -2.27. The molecule has 1 rings (SSSR count). The minimum atomic E-state index is -0.0581. The Morgan fingerprint density at radius 1 is 1.04 bits per heavy atom. The van der Waals surface area contributed by atoms with Crippen molar-refractivity contribution in [2.75, 3.05) is 6.61 Å². The molecule has 146 valence electrons. The van der Waals surface area contributed by atoms with Gasteiger partial charge in [0.05, 0.1) is 12.6 Å². The molecule has 1 aliphatic rings. The van der Waals surface area contributed by atoms with E-state index in [0.717, 1.165) is 6.42 Å². The second-order valence-corrected chi connectivity index (χ2v) is 7.83. The summed E-state index contributed by atoms with van der Waals surface area (Å²) < 4.78 is 0. The van der Waals surface area contributed by atoms with Gasteiger partial charge in [-0.3, -0.25) is 4.79 Å². The van der Waals surface area contributed by atoms with Gasteiger partial charge in [-0.15, -0.1) is 0 Å². The van der Waals surface area contributed by atoms with E-state index in [4.69, 9.17) is 0 Å². The van der Waals surface area contributed by atoms with Gasteiger partial charge < -0.3 is 10.4 Å². The zero-order valence-electron chi connectivity index (χ0n) is 16.6. The molecule has 3 nitrogen and oxygen atoms in total. The monoisotopic (exact) mass is 351 g/mol. The molecule has 1 heterocycles. The van der Waals surface area contributed by atoms with Gasteiger partial charge in [0.1, 0.15) is 0 Å².